The molecule has 0 aromatic carbocycles. The number of nitrogens with zero attached hydrogens (tertiary/aromatic N) is 2. The van der Waals surface area contributed by atoms with Crippen molar-refractivity contribution in [2.24, 2.45) is 0 Å². The fourth-order valence-corrected chi connectivity index (χ4v) is 3.99. The average molecular weight is 342 g/mol. The molecule has 1 fully saturated rings. The van der Waals surface area contributed by atoms with Gasteiger partial charge in [0.2, 0.25) is 5.91 Å². The number of rotatable bonds is 4. The van der Waals surface area contributed by atoms with Gasteiger partial charge in [0.15, 0.2) is 0 Å². The highest BCUT2D eigenvalue weighted by Crippen LogP contribution is 2.27. The maximum atomic E-state index is 12.5. The number of carboxylic acid groups (broad SMARTS) is 1. The van der Waals surface area contributed by atoms with Gasteiger partial charge < -0.3 is 14.9 Å². The Morgan fingerprint density at radius 3 is 2.50 bits per heavy atom. The zero-order valence-electron chi connectivity index (χ0n) is 12.6. The van der Waals surface area contributed by atoms with Gasteiger partial charge in [-0.1, -0.05) is 0 Å². The van der Waals surface area contributed by atoms with Crippen molar-refractivity contribution in [3.63, 3.8) is 0 Å². The van der Waals surface area contributed by atoms with Crippen LogP contribution in [0.1, 0.15) is 33.2 Å². The predicted octanol–water partition coefficient (Wildman–Crippen LogP) is 1.83. The molecular weight excluding hydrogens is 324 g/mol. The Labute approximate surface area is 137 Å². The SMILES string of the molecule is CC(C)N(C)C(=O)C1CSCN1C(=O)c1ccc(C(=O)O)s1. The number of carbonyl (C=O) groups is 3. The van der Waals surface area contributed by atoms with E-state index in [4.69, 9.17) is 5.11 Å². The zero-order valence-corrected chi connectivity index (χ0v) is 14.2. The Morgan fingerprint density at radius 2 is 1.95 bits per heavy atom. The summed E-state index contributed by atoms with van der Waals surface area (Å²) in [6.07, 6.45) is 0. The summed E-state index contributed by atoms with van der Waals surface area (Å²) in [5.41, 5.74) is 0. The molecule has 22 heavy (non-hydrogen) atoms. The molecule has 0 saturated carbocycles. The summed E-state index contributed by atoms with van der Waals surface area (Å²) in [6.45, 7) is 3.84. The molecule has 2 amide bonds. The fraction of sp³-hybridized carbons (Fsp3) is 0.500. The van der Waals surface area contributed by atoms with Crippen LogP contribution >= 0.6 is 23.1 Å². The third kappa shape index (κ3) is 3.27. The van der Waals surface area contributed by atoms with Crippen molar-refractivity contribution >= 4 is 40.9 Å². The lowest BCUT2D eigenvalue weighted by Gasteiger charge is -2.29. The van der Waals surface area contributed by atoms with Crippen LogP contribution in [0.3, 0.4) is 0 Å². The van der Waals surface area contributed by atoms with E-state index >= 15 is 0 Å². The van der Waals surface area contributed by atoms with Crippen LogP contribution in [-0.4, -0.2) is 63.5 Å². The predicted molar refractivity (Wildman–Crippen MR) is 86.5 cm³/mol. The van der Waals surface area contributed by atoms with E-state index in [9.17, 15) is 14.4 Å². The Balaban J connectivity index is 2.17. The number of carboxylic acids is 1. The first-order valence-corrected chi connectivity index (χ1v) is 8.78. The smallest absolute Gasteiger partial charge is 0.345 e. The van der Waals surface area contributed by atoms with Crippen molar-refractivity contribution in [2.75, 3.05) is 18.7 Å². The molecule has 2 rings (SSSR count). The maximum absolute atomic E-state index is 12.5. The van der Waals surface area contributed by atoms with Crippen LogP contribution in [-0.2, 0) is 4.79 Å². The van der Waals surface area contributed by atoms with Gasteiger partial charge >= 0.3 is 5.97 Å². The van der Waals surface area contributed by atoms with E-state index in [1.54, 1.807) is 11.9 Å². The molecule has 1 aliphatic rings. The van der Waals surface area contributed by atoms with Gasteiger partial charge in [-0.15, -0.1) is 23.1 Å². The van der Waals surface area contributed by atoms with Gasteiger partial charge in [0.1, 0.15) is 10.9 Å². The second-order valence-electron chi connectivity index (χ2n) is 5.30. The lowest BCUT2D eigenvalue weighted by molar-refractivity contribution is -0.135. The number of aromatic carboxylic acids is 1. The number of thioether (sulfide) groups is 1. The molecular formula is C14H18N2O4S2. The van der Waals surface area contributed by atoms with Crippen LogP contribution < -0.4 is 0 Å². The standard InChI is InChI=1S/C14H18N2O4S2/c1-8(2)15(3)12(17)9-6-21-7-16(9)13(18)10-4-5-11(22-10)14(19)20/h4-5,8-9H,6-7H2,1-3H3,(H,19,20). The number of amides is 2. The summed E-state index contributed by atoms with van der Waals surface area (Å²) >= 11 is 2.47. The molecule has 1 saturated heterocycles. The Hall–Kier alpha value is -1.54. The number of carbonyl (C=O) groups excluding carboxylic acids is 2. The van der Waals surface area contributed by atoms with Crippen molar-refractivity contribution in [3.8, 4) is 0 Å². The molecule has 1 aromatic heterocycles. The molecule has 120 valence electrons. The molecule has 0 spiro atoms. The molecule has 1 N–H and O–H groups in total. The lowest BCUT2D eigenvalue weighted by atomic mass is 10.2. The summed E-state index contributed by atoms with van der Waals surface area (Å²) in [5, 5.41) is 8.94. The minimum atomic E-state index is -1.05. The summed E-state index contributed by atoms with van der Waals surface area (Å²) in [7, 11) is 1.73. The molecule has 8 heteroatoms. The normalized spacial score (nSPS) is 17.8. The van der Waals surface area contributed by atoms with Crippen molar-refractivity contribution in [1.82, 2.24) is 9.80 Å². The molecule has 1 aromatic rings. The van der Waals surface area contributed by atoms with E-state index < -0.39 is 12.0 Å². The van der Waals surface area contributed by atoms with Gasteiger partial charge in [-0.25, -0.2) is 4.79 Å². The summed E-state index contributed by atoms with van der Waals surface area (Å²) < 4.78 is 0. The highest BCUT2D eigenvalue weighted by atomic mass is 32.2. The second kappa shape index (κ2) is 6.70. The summed E-state index contributed by atoms with van der Waals surface area (Å²) in [6, 6.07) is 2.50. The van der Waals surface area contributed by atoms with Crippen LogP contribution in [0.15, 0.2) is 12.1 Å². The first-order chi connectivity index (χ1) is 10.3. The van der Waals surface area contributed by atoms with Gasteiger partial charge in [-0.3, -0.25) is 9.59 Å². The number of hydrogen-bond acceptors (Lipinski definition) is 5. The molecule has 1 unspecified atom stereocenters. The minimum Gasteiger partial charge on any atom is -0.477 e. The maximum Gasteiger partial charge on any atom is 0.345 e. The Kier molecular flexibility index (Phi) is 5.12. The second-order valence-corrected chi connectivity index (χ2v) is 7.39. The first-order valence-electron chi connectivity index (χ1n) is 6.81. The van der Waals surface area contributed by atoms with Crippen molar-refractivity contribution in [2.45, 2.75) is 25.9 Å². The van der Waals surface area contributed by atoms with Gasteiger partial charge in [0.25, 0.3) is 5.91 Å². The van der Waals surface area contributed by atoms with Gasteiger partial charge in [0, 0.05) is 18.8 Å². The van der Waals surface area contributed by atoms with E-state index in [0.717, 1.165) is 11.3 Å². The largest absolute Gasteiger partial charge is 0.477 e. The van der Waals surface area contributed by atoms with Crippen LogP contribution in [0.2, 0.25) is 0 Å². The highest BCUT2D eigenvalue weighted by Gasteiger charge is 2.37. The highest BCUT2D eigenvalue weighted by molar-refractivity contribution is 7.99. The van der Waals surface area contributed by atoms with Crippen molar-refractivity contribution in [3.05, 3.63) is 21.9 Å². The van der Waals surface area contributed by atoms with E-state index in [1.165, 1.54) is 28.8 Å². The molecule has 0 radical (unpaired) electrons. The molecule has 0 aliphatic carbocycles. The quantitative estimate of drug-likeness (QED) is 0.903. The zero-order chi connectivity index (χ0) is 16.4. The monoisotopic (exact) mass is 342 g/mol. The van der Waals surface area contributed by atoms with Crippen molar-refractivity contribution in [1.29, 1.82) is 0 Å². The van der Waals surface area contributed by atoms with Crippen LogP contribution in [0.5, 0.6) is 0 Å². The Morgan fingerprint density at radius 1 is 1.32 bits per heavy atom. The van der Waals surface area contributed by atoms with E-state index in [2.05, 4.69) is 0 Å². The van der Waals surface area contributed by atoms with E-state index in [-0.39, 0.29) is 22.7 Å². The number of thiophene rings is 1. The fourth-order valence-electron chi connectivity index (χ4n) is 2.05. The van der Waals surface area contributed by atoms with Crippen LogP contribution in [0, 0.1) is 0 Å². The molecule has 0 bridgehead atoms. The first kappa shape index (κ1) is 16.8. The third-order valence-corrected chi connectivity index (χ3v) is 5.65. The average Bonchev–Trinajstić information content (AvgIpc) is 3.13. The minimum absolute atomic E-state index is 0.0652. The van der Waals surface area contributed by atoms with Gasteiger partial charge in [-0.2, -0.15) is 0 Å². The van der Waals surface area contributed by atoms with Gasteiger partial charge in [0.05, 0.1) is 10.8 Å². The van der Waals surface area contributed by atoms with E-state index in [0.29, 0.717) is 16.5 Å². The molecule has 6 nitrogen and oxygen atoms in total. The van der Waals surface area contributed by atoms with Crippen LogP contribution in [0.4, 0.5) is 0 Å². The molecule has 1 aliphatic heterocycles. The molecule has 2 heterocycles. The molecule has 1 atom stereocenters. The van der Waals surface area contributed by atoms with Crippen molar-refractivity contribution < 1.29 is 19.5 Å². The topological polar surface area (TPSA) is 77.9 Å². The third-order valence-electron chi connectivity index (χ3n) is 3.58. The summed E-state index contributed by atoms with van der Waals surface area (Å²) in [4.78, 5) is 39.6. The van der Waals surface area contributed by atoms with E-state index in [1.807, 2.05) is 13.8 Å². The number of likely N-dealkylation sites (N-methyl/N-ethyl adjacent to an activating group) is 1. The summed E-state index contributed by atoms with van der Waals surface area (Å²) in [5.74, 6) is -0.395. The number of hydrogen-bond donors (Lipinski definition) is 1. The Bertz CT molecular complexity index is 599. The lowest BCUT2D eigenvalue weighted by Crippen LogP contribution is -2.49. The van der Waals surface area contributed by atoms with Crippen LogP contribution in [0.25, 0.3) is 0 Å². The van der Waals surface area contributed by atoms with Gasteiger partial charge in [-0.05, 0) is 26.0 Å².